The largest absolute Gasteiger partial charge is 0.497 e. The number of nitrogens with zero attached hydrogens (tertiary/aromatic N) is 3. The second-order valence-electron chi connectivity index (χ2n) is 6.74. The summed E-state index contributed by atoms with van der Waals surface area (Å²) in [6, 6.07) is 17.3. The number of benzene rings is 2. The lowest BCUT2D eigenvalue weighted by Crippen LogP contribution is -2.16. The van der Waals surface area contributed by atoms with Crippen molar-refractivity contribution in [3.05, 3.63) is 66.2 Å². The van der Waals surface area contributed by atoms with Crippen LogP contribution in [0.4, 0.5) is 0 Å². The van der Waals surface area contributed by atoms with Gasteiger partial charge in [0.15, 0.2) is 6.10 Å². The minimum Gasteiger partial charge on any atom is -0.497 e. The van der Waals surface area contributed by atoms with Crippen LogP contribution in [0.25, 0.3) is 22.4 Å². The van der Waals surface area contributed by atoms with Crippen LogP contribution in [0.2, 0.25) is 0 Å². The molecule has 7 nitrogen and oxygen atoms in total. The van der Waals surface area contributed by atoms with Crippen LogP contribution < -0.4 is 4.74 Å². The molecule has 0 aliphatic rings. The fourth-order valence-corrected chi connectivity index (χ4v) is 3.22. The fraction of sp³-hybridized carbons (Fsp3) is 0.227. The zero-order valence-corrected chi connectivity index (χ0v) is 16.5. The van der Waals surface area contributed by atoms with Gasteiger partial charge in [0.25, 0.3) is 5.89 Å². The van der Waals surface area contributed by atoms with E-state index in [1.165, 1.54) is 0 Å². The highest BCUT2D eigenvalue weighted by Crippen LogP contribution is 2.25. The molecule has 0 saturated heterocycles. The third-order valence-corrected chi connectivity index (χ3v) is 4.74. The molecule has 0 N–H and O–H groups in total. The number of esters is 1. The summed E-state index contributed by atoms with van der Waals surface area (Å²) in [6.07, 6.45) is -0.649. The first kappa shape index (κ1) is 18.7. The van der Waals surface area contributed by atoms with Crippen molar-refractivity contribution in [2.24, 2.45) is 0 Å². The highest BCUT2D eigenvalue weighted by Gasteiger charge is 2.20. The Morgan fingerprint density at radius 1 is 1.14 bits per heavy atom. The summed E-state index contributed by atoms with van der Waals surface area (Å²) >= 11 is 0. The van der Waals surface area contributed by atoms with E-state index >= 15 is 0 Å². The summed E-state index contributed by atoms with van der Waals surface area (Å²) in [5.74, 6) is 0.978. The van der Waals surface area contributed by atoms with Crippen LogP contribution in [-0.4, -0.2) is 27.8 Å². The number of methoxy groups -OCH3 is 1. The van der Waals surface area contributed by atoms with Crippen molar-refractivity contribution in [3.63, 3.8) is 0 Å². The van der Waals surface area contributed by atoms with Gasteiger partial charge in [0.1, 0.15) is 12.3 Å². The van der Waals surface area contributed by atoms with Crippen LogP contribution in [0.3, 0.4) is 0 Å². The Kier molecular flexibility index (Phi) is 5.03. The second kappa shape index (κ2) is 7.79. The maximum atomic E-state index is 12.5. The van der Waals surface area contributed by atoms with Crippen LogP contribution in [0.5, 0.6) is 5.75 Å². The van der Waals surface area contributed by atoms with Crippen LogP contribution in [0.15, 0.2) is 59.0 Å². The van der Waals surface area contributed by atoms with Gasteiger partial charge in [0.05, 0.1) is 7.11 Å². The lowest BCUT2D eigenvalue weighted by atomic mass is 10.2. The summed E-state index contributed by atoms with van der Waals surface area (Å²) in [5, 5.41) is 9.16. The number of fused-ring (bicyclic) bond motifs is 1. The van der Waals surface area contributed by atoms with Gasteiger partial charge in [0.2, 0.25) is 5.89 Å². The topological polar surface area (TPSA) is 79.4 Å². The Balaban J connectivity index is 1.45. The molecule has 0 aliphatic carbocycles. The zero-order valence-electron chi connectivity index (χ0n) is 16.5. The summed E-state index contributed by atoms with van der Waals surface area (Å²) < 4.78 is 18.3. The maximum absolute atomic E-state index is 12.5. The van der Waals surface area contributed by atoms with Crippen LogP contribution in [0, 0.1) is 6.92 Å². The molecule has 0 saturated carbocycles. The van der Waals surface area contributed by atoms with E-state index in [1.54, 1.807) is 14.0 Å². The van der Waals surface area contributed by atoms with Crippen molar-refractivity contribution in [1.29, 1.82) is 0 Å². The zero-order chi connectivity index (χ0) is 20.4. The van der Waals surface area contributed by atoms with Gasteiger partial charge in [-0.15, -0.1) is 10.2 Å². The molecule has 2 aromatic carbocycles. The van der Waals surface area contributed by atoms with E-state index in [-0.39, 0.29) is 18.4 Å². The highest BCUT2D eigenvalue weighted by molar-refractivity contribution is 5.83. The number of ether oxygens (including phenoxy) is 2. The van der Waals surface area contributed by atoms with Crippen LogP contribution in [0.1, 0.15) is 24.6 Å². The summed E-state index contributed by atoms with van der Waals surface area (Å²) in [6.45, 7) is 3.79. The molecule has 1 atom stereocenters. The molecule has 0 radical (unpaired) electrons. The first-order chi connectivity index (χ1) is 14.0. The molecule has 0 bridgehead atoms. The number of hydrogen-bond donors (Lipinski definition) is 0. The lowest BCUT2D eigenvalue weighted by Gasteiger charge is -2.12. The molecule has 148 valence electrons. The Morgan fingerprint density at radius 3 is 2.66 bits per heavy atom. The Morgan fingerprint density at radius 2 is 1.90 bits per heavy atom. The van der Waals surface area contributed by atoms with Crippen molar-refractivity contribution in [2.45, 2.75) is 26.5 Å². The number of hydrogen-bond acceptors (Lipinski definition) is 6. The molecule has 4 aromatic rings. The van der Waals surface area contributed by atoms with Crippen molar-refractivity contribution < 1.29 is 18.7 Å². The third kappa shape index (κ3) is 3.85. The number of aryl methyl sites for hydroxylation is 1. The Labute approximate surface area is 167 Å². The van der Waals surface area contributed by atoms with Crippen LogP contribution >= 0.6 is 0 Å². The molecule has 29 heavy (non-hydrogen) atoms. The summed E-state index contributed by atoms with van der Waals surface area (Å²) in [7, 11) is 1.61. The van der Waals surface area contributed by atoms with Gasteiger partial charge in [-0.3, -0.25) is 4.79 Å². The quantitative estimate of drug-likeness (QED) is 0.456. The van der Waals surface area contributed by atoms with Crippen molar-refractivity contribution >= 4 is 16.9 Å². The molecular formula is C22H21N3O4. The van der Waals surface area contributed by atoms with Crippen molar-refractivity contribution in [1.82, 2.24) is 14.8 Å². The Bertz CT molecular complexity index is 1140. The number of rotatable bonds is 6. The summed E-state index contributed by atoms with van der Waals surface area (Å²) in [5.41, 5.74) is 2.75. The van der Waals surface area contributed by atoms with Gasteiger partial charge in [-0.1, -0.05) is 18.2 Å². The molecule has 0 amide bonds. The maximum Gasteiger partial charge on any atom is 0.326 e. The first-order valence-corrected chi connectivity index (χ1v) is 9.27. The van der Waals surface area contributed by atoms with Crippen molar-refractivity contribution in [3.8, 4) is 17.2 Å². The number of aromatic nitrogens is 3. The minimum absolute atomic E-state index is 0.114. The molecule has 0 fully saturated rings. The first-order valence-electron chi connectivity index (χ1n) is 9.27. The van der Waals surface area contributed by atoms with Crippen LogP contribution in [-0.2, 0) is 16.1 Å². The summed E-state index contributed by atoms with van der Waals surface area (Å²) in [4.78, 5) is 12.5. The van der Waals surface area contributed by atoms with Gasteiger partial charge < -0.3 is 18.5 Å². The normalized spacial score (nSPS) is 12.1. The van der Waals surface area contributed by atoms with E-state index in [4.69, 9.17) is 13.9 Å². The third-order valence-electron chi connectivity index (χ3n) is 4.74. The number of carbonyl (C=O) groups is 1. The fourth-order valence-electron chi connectivity index (χ4n) is 3.22. The van der Waals surface area contributed by atoms with E-state index in [0.29, 0.717) is 5.89 Å². The predicted molar refractivity (Wildman–Crippen MR) is 107 cm³/mol. The second-order valence-corrected chi connectivity index (χ2v) is 6.74. The van der Waals surface area contributed by atoms with E-state index in [9.17, 15) is 4.79 Å². The predicted octanol–water partition coefficient (Wildman–Crippen LogP) is 4.31. The number of para-hydroxylation sites is 1. The van der Waals surface area contributed by atoms with Gasteiger partial charge >= 0.3 is 5.97 Å². The smallest absolute Gasteiger partial charge is 0.326 e. The van der Waals surface area contributed by atoms with Gasteiger partial charge in [-0.05, 0) is 55.6 Å². The molecule has 1 unspecified atom stereocenters. The lowest BCUT2D eigenvalue weighted by molar-refractivity contribution is -0.150. The average molecular weight is 391 g/mol. The van der Waals surface area contributed by atoms with Gasteiger partial charge in [0, 0.05) is 16.8 Å². The molecule has 4 rings (SSSR count). The molecule has 7 heteroatoms. The van der Waals surface area contributed by atoms with E-state index in [0.717, 1.165) is 27.9 Å². The van der Waals surface area contributed by atoms with Gasteiger partial charge in [-0.2, -0.15) is 0 Å². The molecule has 2 heterocycles. The van der Waals surface area contributed by atoms with Gasteiger partial charge in [-0.25, -0.2) is 0 Å². The highest BCUT2D eigenvalue weighted by atomic mass is 16.6. The monoisotopic (exact) mass is 391 g/mol. The van der Waals surface area contributed by atoms with E-state index in [2.05, 4.69) is 10.2 Å². The minimum atomic E-state index is -0.649. The Hall–Kier alpha value is -3.61. The molecule has 0 spiro atoms. The SMILES string of the molecule is COc1ccc(-c2nnc(C(C)OC(=O)Cn3c(C)cc4ccccc43)o2)cc1. The average Bonchev–Trinajstić information content (AvgIpc) is 3.34. The van der Waals surface area contributed by atoms with Crippen molar-refractivity contribution in [2.75, 3.05) is 7.11 Å². The standard InChI is InChI=1S/C22H21N3O4/c1-14-12-17-6-4-5-7-19(17)25(14)13-20(26)28-15(2)21-23-24-22(29-21)16-8-10-18(27-3)11-9-16/h4-12,15H,13H2,1-3H3. The molecular weight excluding hydrogens is 370 g/mol. The molecule has 0 aliphatic heterocycles. The number of carbonyl (C=O) groups excluding carboxylic acids is 1. The van der Waals surface area contributed by atoms with E-state index in [1.807, 2.05) is 66.1 Å². The van der Waals surface area contributed by atoms with E-state index < -0.39 is 6.10 Å². The molecule has 2 aromatic heterocycles.